The maximum Gasteiger partial charge on any atom is 0.0587 e. The van der Waals surface area contributed by atoms with Crippen molar-refractivity contribution < 1.29 is 5.11 Å². The molecule has 0 aliphatic heterocycles. The van der Waals surface area contributed by atoms with E-state index in [0.29, 0.717) is 6.04 Å². The zero-order valence-corrected chi connectivity index (χ0v) is 6.21. The Morgan fingerprint density at radius 1 is 1.70 bits per heavy atom. The van der Waals surface area contributed by atoms with Crippen LogP contribution in [-0.4, -0.2) is 23.8 Å². The molecule has 1 aliphatic rings. The van der Waals surface area contributed by atoms with Crippen molar-refractivity contribution in [2.24, 2.45) is 0 Å². The molecule has 2 nitrogen and oxygen atoms in total. The van der Waals surface area contributed by atoms with Gasteiger partial charge in [-0.1, -0.05) is 6.08 Å². The van der Waals surface area contributed by atoms with Crippen LogP contribution >= 0.6 is 0 Å². The van der Waals surface area contributed by atoms with Crippen molar-refractivity contribution >= 4 is 0 Å². The molecule has 58 valence electrons. The van der Waals surface area contributed by atoms with Crippen molar-refractivity contribution in [1.82, 2.24) is 5.32 Å². The van der Waals surface area contributed by atoms with E-state index in [1.807, 2.05) is 6.08 Å². The average Bonchev–Trinajstić information content (AvgIpc) is 2.71. The SMILES string of the molecule is C=CCC(CO)NC1CC1. The summed E-state index contributed by atoms with van der Waals surface area (Å²) in [4.78, 5) is 0. The van der Waals surface area contributed by atoms with Crippen molar-refractivity contribution in [3.8, 4) is 0 Å². The van der Waals surface area contributed by atoms with Crippen LogP contribution in [-0.2, 0) is 0 Å². The molecule has 1 saturated carbocycles. The molecular weight excluding hydrogens is 126 g/mol. The van der Waals surface area contributed by atoms with E-state index in [-0.39, 0.29) is 12.6 Å². The fraction of sp³-hybridized carbons (Fsp3) is 0.750. The first kappa shape index (κ1) is 7.76. The first-order valence-corrected chi connectivity index (χ1v) is 3.84. The monoisotopic (exact) mass is 141 g/mol. The highest BCUT2D eigenvalue weighted by Crippen LogP contribution is 2.19. The van der Waals surface area contributed by atoms with E-state index in [1.165, 1.54) is 12.8 Å². The second kappa shape index (κ2) is 3.74. The Kier molecular flexibility index (Phi) is 2.90. The normalized spacial score (nSPS) is 20.5. The van der Waals surface area contributed by atoms with Gasteiger partial charge in [-0.05, 0) is 19.3 Å². The van der Waals surface area contributed by atoms with Gasteiger partial charge in [-0.15, -0.1) is 6.58 Å². The molecule has 0 aromatic rings. The summed E-state index contributed by atoms with van der Waals surface area (Å²) in [6, 6.07) is 0.919. The summed E-state index contributed by atoms with van der Waals surface area (Å²) in [5.74, 6) is 0. The van der Waals surface area contributed by atoms with E-state index in [1.54, 1.807) is 0 Å². The largest absolute Gasteiger partial charge is 0.395 e. The van der Waals surface area contributed by atoms with Crippen LogP contribution in [0.25, 0.3) is 0 Å². The molecule has 0 aromatic heterocycles. The van der Waals surface area contributed by atoms with Crippen LogP contribution in [0.3, 0.4) is 0 Å². The summed E-state index contributed by atoms with van der Waals surface area (Å²) in [5, 5.41) is 12.1. The molecule has 2 heteroatoms. The maximum absolute atomic E-state index is 8.82. The number of hydrogen-bond acceptors (Lipinski definition) is 2. The third kappa shape index (κ3) is 2.50. The van der Waals surface area contributed by atoms with Crippen LogP contribution in [0, 0.1) is 0 Å². The molecule has 1 rings (SSSR count). The topological polar surface area (TPSA) is 32.3 Å². The van der Waals surface area contributed by atoms with E-state index >= 15 is 0 Å². The van der Waals surface area contributed by atoms with Gasteiger partial charge in [0, 0.05) is 12.1 Å². The molecular formula is C8H15NO. The van der Waals surface area contributed by atoms with Gasteiger partial charge < -0.3 is 10.4 Å². The molecule has 1 aliphatic carbocycles. The van der Waals surface area contributed by atoms with E-state index in [9.17, 15) is 0 Å². The van der Waals surface area contributed by atoms with Gasteiger partial charge in [0.25, 0.3) is 0 Å². The lowest BCUT2D eigenvalue weighted by atomic mass is 10.2. The predicted molar refractivity (Wildman–Crippen MR) is 41.8 cm³/mol. The Bertz CT molecular complexity index is 110. The van der Waals surface area contributed by atoms with Crippen molar-refractivity contribution in [2.45, 2.75) is 31.3 Å². The fourth-order valence-corrected chi connectivity index (χ4v) is 0.980. The highest BCUT2D eigenvalue weighted by atomic mass is 16.3. The number of aliphatic hydroxyl groups excluding tert-OH is 1. The summed E-state index contributed by atoms with van der Waals surface area (Å²) in [7, 11) is 0. The lowest BCUT2D eigenvalue weighted by Crippen LogP contribution is -2.33. The molecule has 0 spiro atoms. The first-order valence-electron chi connectivity index (χ1n) is 3.84. The summed E-state index contributed by atoms with van der Waals surface area (Å²) in [6.07, 6.45) is 5.25. The Labute approximate surface area is 61.9 Å². The first-order chi connectivity index (χ1) is 4.86. The molecule has 0 bridgehead atoms. The van der Waals surface area contributed by atoms with Crippen molar-refractivity contribution in [3.63, 3.8) is 0 Å². The fourth-order valence-electron chi connectivity index (χ4n) is 0.980. The van der Waals surface area contributed by atoms with Crippen LogP contribution in [0.4, 0.5) is 0 Å². The van der Waals surface area contributed by atoms with Gasteiger partial charge >= 0.3 is 0 Å². The third-order valence-corrected chi connectivity index (χ3v) is 1.72. The molecule has 0 heterocycles. The smallest absolute Gasteiger partial charge is 0.0587 e. The average molecular weight is 141 g/mol. The second-order valence-corrected chi connectivity index (χ2v) is 2.84. The van der Waals surface area contributed by atoms with Gasteiger partial charge in [-0.25, -0.2) is 0 Å². The molecule has 0 radical (unpaired) electrons. The van der Waals surface area contributed by atoms with E-state index in [4.69, 9.17) is 5.11 Å². The summed E-state index contributed by atoms with van der Waals surface area (Å²) >= 11 is 0. The summed E-state index contributed by atoms with van der Waals surface area (Å²) in [6.45, 7) is 3.85. The van der Waals surface area contributed by atoms with Gasteiger partial charge in [0.05, 0.1) is 6.61 Å². The van der Waals surface area contributed by atoms with E-state index in [0.717, 1.165) is 6.42 Å². The van der Waals surface area contributed by atoms with Gasteiger partial charge in [-0.2, -0.15) is 0 Å². The number of aliphatic hydroxyl groups is 1. The minimum Gasteiger partial charge on any atom is -0.395 e. The molecule has 0 aromatic carbocycles. The number of rotatable bonds is 5. The standard InChI is InChI=1S/C8H15NO/c1-2-3-8(6-10)9-7-4-5-7/h2,7-10H,1,3-6H2. The van der Waals surface area contributed by atoms with Gasteiger partial charge in [0.2, 0.25) is 0 Å². The third-order valence-electron chi connectivity index (χ3n) is 1.72. The van der Waals surface area contributed by atoms with Crippen LogP contribution in [0.1, 0.15) is 19.3 Å². The Morgan fingerprint density at radius 2 is 2.40 bits per heavy atom. The molecule has 0 saturated heterocycles. The molecule has 1 fully saturated rings. The van der Waals surface area contributed by atoms with Crippen molar-refractivity contribution in [2.75, 3.05) is 6.61 Å². The Balaban J connectivity index is 2.11. The van der Waals surface area contributed by atoms with Crippen LogP contribution in [0.15, 0.2) is 12.7 Å². The quantitative estimate of drug-likeness (QED) is 0.552. The van der Waals surface area contributed by atoms with Crippen LogP contribution in [0.5, 0.6) is 0 Å². The number of hydrogen-bond donors (Lipinski definition) is 2. The lowest BCUT2D eigenvalue weighted by Gasteiger charge is -2.12. The highest BCUT2D eigenvalue weighted by Gasteiger charge is 2.23. The van der Waals surface area contributed by atoms with Crippen molar-refractivity contribution in [1.29, 1.82) is 0 Å². The molecule has 0 amide bonds. The Morgan fingerprint density at radius 3 is 2.80 bits per heavy atom. The van der Waals surface area contributed by atoms with Gasteiger partial charge in [0.1, 0.15) is 0 Å². The molecule has 1 unspecified atom stereocenters. The van der Waals surface area contributed by atoms with Crippen molar-refractivity contribution in [3.05, 3.63) is 12.7 Å². The summed E-state index contributed by atoms with van der Waals surface area (Å²) < 4.78 is 0. The van der Waals surface area contributed by atoms with Gasteiger partial charge in [0.15, 0.2) is 0 Å². The minimum absolute atomic E-state index is 0.225. The van der Waals surface area contributed by atoms with Gasteiger partial charge in [-0.3, -0.25) is 0 Å². The predicted octanol–water partition coefficient (Wildman–Crippen LogP) is 0.675. The summed E-state index contributed by atoms with van der Waals surface area (Å²) in [5.41, 5.74) is 0. The van der Waals surface area contributed by atoms with E-state index < -0.39 is 0 Å². The minimum atomic E-state index is 0.225. The van der Waals surface area contributed by atoms with E-state index in [2.05, 4.69) is 11.9 Å². The molecule has 10 heavy (non-hydrogen) atoms. The maximum atomic E-state index is 8.82. The number of nitrogens with one attached hydrogen (secondary N) is 1. The highest BCUT2D eigenvalue weighted by molar-refractivity contribution is 4.87. The van der Waals surface area contributed by atoms with Crippen LogP contribution < -0.4 is 5.32 Å². The molecule has 2 N–H and O–H groups in total. The molecule has 1 atom stereocenters. The Hall–Kier alpha value is -0.340. The lowest BCUT2D eigenvalue weighted by molar-refractivity contribution is 0.242. The zero-order chi connectivity index (χ0) is 7.40. The van der Waals surface area contributed by atoms with Crippen LogP contribution in [0.2, 0.25) is 0 Å². The zero-order valence-electron chi connectivity index (χ0n) is 6.21. The second-order valence-electron chi connectivity index (χ2n) is 2.84.